The number of hydrogen-bond donors (Lipinski definition) is 2. The van der Waals surface area contributed by atoms with E-state index in [9.17, 15) is 9.59 Å². The summed E-state index contributed by atoms with van der Waals surface area (Å²) < 4.78 is 0. The maximum atomic E-state index is 12.1. The summed E-state index contributed by atoms with van der Waals surface area (Å²) in [6, 6.07) is 16.7. The van der Waals surface area contributed by atoms with Gasteiger partial charge in [0.2, 0.25) is 5.91 Å². The van der Waals surface area contributed by atoms with Crippen molar-refractivity contribution in [2.75, 3.05) is 20.1 Å². The van der Waals surface area contributed by atoms with Gasteiger partial charge in [-0.05, 0) is 43.8 Å². The Bertz CT molecular complexity index is 686. The van der Waals surface area contributed by atoms with E-state index in [1.54, 1.807) is 18.2 Å². The van der Waals surface area contributed by atoms with Gasteiger partial charge in [0.25, 0.3) is 5.91 Å². The lowest BCUT2D eigenvalue weighted by Crippen LogP contribution is -2.28. The number of carbonyl (C=O) groups excluding carboxylic acids is 2. The van der Waals surface area contributed by atoms with Crippen LogP contribution in [-0.4, -0.2) is 36.9 Å². The van der Waals surface area contributed by atoms with Crippen LogP contribution in [0.1, 0.15) is 32.7 Å². The van der Waals surface area contributed by atoms with E-state index in [1.165, 1.54) is 11.6 Å². The average Bonchev–Trinajstić information content (AvgIpc) is 2.59. The van der Waals surface area contributed by atoms with Gasteiger partial charge in [0, 0.05) is 24.2 Å². The van der Waals surface area contributed by atoms with Gasteiger partial charge in [0.05, 0.1) is 0 Å². The van der Waals surface area contributed by atoms with Crippen LogP contribution < -0.4 is 11.1 Å². The molecule has 0 fully saturated rings. The summed E-state index contributed by atoms with van der Waals surface area (Å²) in [6.07, 6.45) is 0.852. The second-order valence-electron chi connectivity index (χ2n) is 5.78. The molecule has 0 radical (unpaired) electrons. The third kappa shape index (κ3) is 5.52. The Labute approximate surface area is 142 Å². The van der Waals surface area contributed by atoms with Gasteiger partial charge in [-0.3, -0.25) is 9.59 Å². The molecule has 0 unspecified atom stereocenters. The maximum Gasteiger partial charge on any atom is 0.251 e. The number of primary amides is 1. The normalized spacial score (nSPS) is 10.6. The van der Waals surface area contributed by atoms with Crippen molar-refractivity contribution in [2.45, 2.75) is 13.0 Å². The largest absolute Gasteiger partial charge is 0.366 e. The monoisotopic (exact) mass is 325 g/mol. The lowest BCUT2D eigenvalue weighted by Gasteiger charge is -2.16. The molecule has 126 valence electrons. The highest BCUT2D eigenvalue weighted by Crippen LogP contribution is 2.05. The molecule has 2 aromatic rings. The van der Waals surface area contributed by atoms with Gasteiger partial charge in [-0.25, -0.2) is 0 Å². The van der Waals surface area contributed by atoms with E-state index >= 15 is 0 Å². The summed E-state index contributed by atoms with van der Waals surface area (Å²) in [5, 5.41) is 2.87. The van der Waals surface area contributed by atoms with Crippen molar-refractivity contribution in [3.05, 3.63) is 71.3 Å². The molecule has 0 atom stereocenters. The van der Waals surface area contributed by atoms with Gasteiger partial charge < -0.3 is 16.0 Å². The van der Waals surface area contributed by atoms with Crippen LogP contribution in [0.5, 0.6) is 0 Å². The molecule has 2 amide bonds. The van der Waals surface area contributed by atoms with Crippen molar-refractivity contribution in [3.63, 3.8) is 0 Å². The average molecular weight is 325 g/mol. The Kier molecular flexibility index (Phi) is 6.51. The standard InChI is InChI=1S/C19H23N3O2/c1-22(14-15-7-3-2-4-8-15)12-6-11-21-19(24)17-10-5-9-16(13-17)18(20)23/h2-5,7-10,13H,6,11-12,14H2,1H3,(H2,20,23)(H,21,24). The highest BCUT2D eigenvalue weighted by Gasteiger charge is 2.08. The molecular formula is C19H23N3O2. The van der Waals surface area contributed by atoms with E-state index in [0.717, 1.165) is 19.5 Å². The zero-order chi connectivity index (χ0) is 17.4. The molecule has 0 bridgehead atoms. The maximum absolute atomic E-state index is 12.1. The lowest BCUT2D eigenvalue weighted by molar-refractivity contribution is 0.0952. The number of nitrogens with one attached hydrogen (secondary N) is 1. The third-order valence-corrected chi connectivity index (χ3v) is 3.71. The fourth-order valence-electron chi connectivity index (χ4n) is 2.44. The first-order valence-electron chi connectivity index (χ1n) is 7.97. The molecule has 0 aliphatic carbocycles. The molecule has 0 spiro atoms. The zero-order valence-corrected chi connectivity index (χ0v) is 13.9. The van der Waals surface area contributed by atoms with Crippen LogP contribution in [0.15, 0.2) is 54.6 Å². The molecule has 2 aromatic carbocycles. The second-order valence-corrected chi connectivity index (χ2v) is 5.78. The number of carbonyl (C=O) groups is 2. The molecule has 24 heavy (non-hydrogen) atoms. The van der Waals surface area contributed by atoms with E-state index in [2.05, 4.69) is 29.4 Å². The van der Waals surface area contributed by atoms with Gasteiger partial charge in [-0.1, -0.05) is 36.4 Å². The SMILES string of the molecule is CN(CCCNC(=O)c1cccc(C(N)=O)c1)Cc1ccccc1. The zero-order valence-electron chi connectivity index (χ0n) is 13.9. The minimum Gasteiger partial charge on any atom is -0.366 e. The Morgan fingerprint density at radius 3 is 2.46 bits per heavy atom. The quantitative estimate of drug-likeness (QED) is 0.729. The highest BCUT2D eigenvalue weighted by molar-refractivity contribution is 5.99. The summed E-state index contributed by atoms with van der Waals surface area (Å²) in [5.74, 6) is -0.726. The Morgan fingerprint density at radius 2 is 1.75 bits per heavy atom. The fourth-order valence-corrected chi connectivity index (χ4v) is 2.44. The van der Waals surface area contributed by atoms with Crippen LogP contribution in [-0.2, 0) is 6.54 Å². The molecule has 5 heteroatoms. The summed E-state index contributed by atoms with van der Waals surface area (Å²) in [5.41, 5.74) is 7.28. The predicted octanol–water partition coefficient (Wildman–Crippen LogP) is 2.04. The topological polar surface area (TPSA) is 75.4 Å². The highest BCUT2D eigenvalue weighted by atomic mass is 16.2. The van der Waals surface area contributed by atoms with Crippen molar-refractivity contribution in [3.8, 4) is 0 Å². The van der Waals surface area contributed by atoms with Crippen molar-refractivity contribution < 1.29 is 9.59 Å². The molecule has 0 saturated carbocycles. The number of amides is 2. The van der Waals surface area contributed by atoms with Crippen LogP contribution in [0.4, 0.5) is 0 Å². The first-order chi connectivity index (χ1) is 11.6. The lowest BCUT2D eigenvalue weighted by atomic mass is 10.1. The number of rotatable bonds is 8. The van der Waals surface area contributed by atoms with Crippen molar-refractivity contribution >= 4 is 11.8 Å². The van der Waals surface area contributed by atoms with Crippen LogP contribution >= 0.6 is 0 Å². The molecule has 3 N–H and O–H groups in total. The first-order valence-corrected chi connectivity index (χ1v) is 7.97. The first kappa shape index (κ1) is 17.7. The number of nitrogens with two attached hydrogens (primary N) is 1. The summed E-state index contributed by atoms with van der Waals surface area (Å²) in [4.78, 5) is 25.4. The molecule has 2 rings (SSSR count). The van der Waals surface area contributed by atoms with Crippen LogP contribution in [0.2, 0.25) is 0 Å². The van der Waals surface area contributed by atoms with Gasteiger partial charge in [0.1, 0.15) is 0 Å². The van der Waals surface area contributed by atoms with Gasteiger partial charge in [-0.2, -0.15) is 0 Å². The van der Waals surface area contributed by atoms with Crippen molar-refractivity contribution in [1.29, 1.82) is 0 Å². The molecule has 0 aromatic heterocycles. The van der Waals surface area contributed by atoms with E-state index in [1.807, 2.05) is 18.2 Å². The number of benzene rings is 2. The Hall–Kier alpha value is -2.66. The van der Waals surface area contributed by atoms with Crippen LogP contribution in [0.25, 0.3) is 0 Å². The van der Waals surface area contributed by atoms with Gasteiger partial charge in [-0.15, -0.1) is 0 Å². The number of hydrogen-bond acceptors (Lipinski definition) is 3. The predicted molar refractivity (Wildman–Crippen MR) is 94.7 cm³/mol. The van der Waals surface area contributed by atoms with E-state index in [-0.39, 0.29) is 5.91 Å². The minimum atomic E-state index is -0.535. The molecular weight excluding hydrogens is 302 g/mol. The molecule has 0 saturated heterocycles. The smallest absolute Gasteiger partial charge is 0.251 e. The van der Waals surface area contributed by atoms with E-state index in [4.69, 9.17) is 5.73 Å². The number of nitrogens with zero attached hydrogens (tertiary/aromatic N) is 1. The van der Waals surface area contributed by atoms with Gasteiger partial charge in [0.15, 0.2) is 0 Å². The Balaban J connectivity index is 1.73. The molecule has 5 nitrogen and oxygen atoms in total. The Morgan fingerprint density at radius 1 is 1.04 bits per heavy atom. The summed E-state index contributed by atoms with van der Waals surface area (Å²) in [6.45, 7) is 2.35. The van der Waals surface area contributed by atoms with Gasteiger partial charge >= 0.3 is 0 Å². The molecule has 0 heterocycles. The van der Waals surface area contributed by atoms with Crippen molar-refractivity contribution in [1.82, 2.24) is 10.2 Å². The summed E-state index contributed by atoms with van der Waals surface area (Å²) in [7, 11) is 2.06. The second kappa shape index (κ2) is 8.84. The fraction of sp³-hybridized carbons (Fsp3) is 0.263. The van der Waals surface area contributed by atoms with Crippen molar-refractivity contribution in [2.24, 2.45) is 5.73 Å². The van der Waals surface area contributed by atoms with Crippen LogP contribution in [0.3, 0.4) is 0 Å². The van der Waals surface area contributed by atoms with E-state index in [0.29, 0.717) is 17.7 Å². The van der Waals surface area contributed by atoms with E-state index < -0.39 is 5.91 Å². The summed E-state index contributed by atoms with van der Waals surface area (Å²) >= 11 is 0. The minimum absolute atomic E-state index is 0.191. The third-order valence-electron chi connectivity index (χ3n) is 3.71. The molecule has 0 aliphatic rings. The molecule has 0 aliphatic heterocycles. The van der Waals surface area contributed by atoms with Crippen LogP contribution in [0, 0.1) is 0 Å².